The van der Waals surface area contributed by atoms with Gasteiger partial charge in [-0.15, -0.1) is 0 Å². The van der Waals surface area contributed by atoms with Crippen LogP contribution in [-0.4, -0.2) is 15.7 Å². The van der Waals surface area contributed by atoms with Crippen molar-refractivity contribution in [2.45, 2.75) is 43.9 Å². The number of hydrogen-bond acceptors (Lipinski definition) is 4. The van der Waals surface area contributed by atoms with E-state index in [1.165, 1.54) is 63.3 Å². The number of esters is 1. The molecule has 4 saturated carbocycles. The Morgan fingerprint density at radius 2 is 1.59 bits per heavy atom. The average Bonchev–Trinajstić information content (AvgIpc) is 2.63. The van der Waals surface area contributed by atoms with Crippen LogP contribution in [0.4, 0.5) is 0 Å². The third kappa shape index (κ3) is 2.89. The minimum absolute atomic E-state index is 0.127. The molecule has 1 aromatic carbocycles. The lowest BCUT2D eigenvalue weighted by Gasteiger charge is -2.57. The van der Waals surface area contributed by atoms with Crippen molar-refractivity contribution in [1.29, 1.82) is 0 Å². The Kier molecular flexibility index (Phi) is 3.74. The fourth-order valence-electron chi connectivity index (χ4n) is 6.11. The number of benzene rings is 1. The zero-order valence-corrected chi connectivity index (χ0v) is 15.6. The molecule has 0 aliphatic heterocycles. The predicted molar refractivity (Wildman–Crippen MR) is 101 cm³/mol. The van der Waals surface area contributed by atoms with Crippen molar-refractivity contribution in [2.24, 2.45) is 24.8 Å². The molecule has 0 unspecified atom stereocenters. The van der Waals surface area contributed by atoms with Gasteiger partial charge in [-0.2, -0.15) is 5.10 Å². The van der Waals surface area contributed by atoms with E-state index in [2.05, 4.69) is 17.2 Å². The molecule has 1 heterocycles. The highest BCUT2D eigenvalue weighted by molar-refractivity contribution is 5.88. The van der Waals surface area contributed by atoms with Gasteiger partial charge < -0.3 is 4.74 Å². The highest BCUT2D eigenvalue weighted by atomic mass is 16.5. The number of carbonyl (C=O) groups is 1. The number of rotatable bonds is 3. The number of nitrogens with zero attached hydrogens (tertiary/aromatic N) is 2. The van der Waals surface area contributed by atoms with Crippen molar-refractivity contribution >= 4 is 5.97 Å². The smallest absolute Gasteiger partial charge is 0.364 e. The molecular formula is C22H24N2O3. The maximum absolute atomic E-state index is 12.3. The molecule has 140 valence electrons. The number of hydrogen-bond donors (Lipinski definition) is 0. The summed E-state index contributed by atoms with van der Waals surface area (Å²) in [4.78, 5) is 23.7. The van der Waals surface area contributed by atoms with E-state index in [4.69, 9.17) is 4.74 Å². The summed E-state index contributed by atoms with van der Waals surface area (Å²) in [5.41, 5.74) is 1.62. The predicted octanol–water partition coefficient (Wildman–Crippen LogP) is 3.47. The molecule has 0 amide bonds. The second-order valence-electron chi connectivity index (χ2n) is 8.79. The molecule has 0 radical (unpaired) electrons. The van der Waals surface area contributed by atoms with Crippen LogP contribution in [0.5, 0.6) is 5.75 Å². The first-order valence-corrected chi connectivity index (χ1v) is 9.88. The van der Waals surface area contributed by atoms with E-state index in [1.54, 1.807) is 0 Å². The highest BCUT2D eigenvalue weighted by Crippen LogP contribution is 2.60. The second kappa shape index (κ2) is 6.04. The SMILES string of the molecule is Cn1nc(C(=O)Oc2ccc(C34CC5CC(CC(C5)C3)C4)cc2)ccc1=O. The number of aryl methyl sites for hydroxylation is 1. The van der Waals surface area contributed by atoms with Gasteiger partial charge in [0.2, 0.25) is 0 Å². The number of ether oxygens (including phenoxy) is 1. The molecule has 1 aromatic heterocycles. The van der Waals surface area contributed by atoms with Crippen molar-refractivity contribution in [1.82, 2.24) is 9.78 Å². The molecule has 0 N–H and O–H groups in total. The lowest BCUT2D eigenvalue weighted by atomic mass is 9.48. The summed E-state index contributed by atoms with van der Waals surface area (Å²) in [7, 11) is 1.51. The van der Waals surface area contributed by atoms with Crippen LogP contribution in [0, 0.1) is 17.8 Å². The zero-order valence-electron chi connectivity index (χ0n) is 15.6. The fraction of sp³-hybridized carbons (Fsp3) is 0.500. The molecule has 5 heteroatoms. The Morgan fingerprint density at radius 3 is 2.15 bits per heavy atom. The summed E-state index contributed by atoms with van der Waals surface area (Å²) in [6, 6.07) is 10.8. The van der Waals surface area contributed by atoms with Crippen LogP contribution in [0.3, 0.4) is 0 Å². The third-order valence-corrected chi connectivity index (χ3v) is 6.89. The number of aromatic nitrogens is 2. The molecule has 4 bridgehead atoms. The molecular weight excluding hydrogens is 340 g/mol. The van der Waals surface area contributed by atoms with Gasteiger partial charge in [0, 0.05) is 13.1 Å². The van der Waals surface area contributed by atoms with Gasteiger partial charge in [0.1, 0.15) is 5.75 Å². The molecule has 5 nitrogen and oxygen atoms in total. The van der Waals surface area contributed by atoms with E-state index in [9.17, 15) is 9.59 Å². The molecule has 0 atom stereocenters. The van der Waals surface area contributed by atoms with E-state index in [0.29, 0.717) is 11.2 Å². The zero-order chi connectivity index (χ0) is 18.6. The van der Waals surface area contributed by atoms with Crippen LogP contribution in [0.1, 0.15) is 54.6 Å². The van der Waals surface area contributed by atoms with Gasteiger partial charge in [-0.1, -0.05) is 12.1 Å². The monoisotopic (exact) mass is 364 g/mol. The van der Waals surface area contributed by atoms with Gasteiger partial charge in [0.05, 0.1) is 0 Å². The summed E-state index contributed by atoms with van der Waals surface area (Å²) < 4.78 is 6.58. The van der Waals surface area contributed by atoms with E-state index >= 15 is 0 Å². The van der Waals surface area contributed by atoms with E-state index in [0.717, 1.165) is 22.4 Å². The quantitative estimate of drug-likeness (QED) is 0.618. The highest BCUT2D eigenvalue weighted by Gasteiger charge is 2.51. The fourth-order valence-corrected chi connectivity index (χ4v) is 6.11. The molecule has 4 aliphatic rings. The number of carbonyl (C=O) groups excluding carboxylic acids is 1. The van der Waals surface area contributed by atoms with Crippen LogP contribution in [0.15, 0.2) is 41.2 Å². The van der Waals surface area contributed by atoms with Gasteiger partial charge in [-0.3, -0.25) is 4.79 Å². The van der Waals surface area contributed by atoms with Crippen molar-refractivity contribution in [3.05, 3.63) is 58.0 Å². The van der Waals surface area contributed by atoms with E-state index < -0.39 is 5.97 Å². The Labute approximate surface area is 158 Å². The molecule has 6 rings (SSSR count). The molecule has 4 fully saturated rings. The Hall–Kier alpha value is -2.43. The largest absolute Gasteiger partial charge is 0.422 e. The van der Waals surface area contributed by atoms with Crippen molar-refractivity contribution in [2.75, 3.05) is 0 Å². The average molecular weight is 364 g/mol. The first-order chi connectivity index (χ1) is 13.0. The standard InChI is InChI=1S/C22H24N2O3/c1-24-20(25)7-6-19(23-24)21(26)27-18-4-2-17(3-5-18)22-11-14-8-15(12-22)10-16(9-14)13-22/h2-7,14-16H,8-13H2,1H3. The minimum Gasteiger partial charge on any atom is -0.422 e. The van der Waals surface area contributed by atoms with Gasteiger partial charge in [0.25, 0.3) is 5.56 Å². The van der Waals surface area contributed by atoms with E-state index in [-0.39, 0.29) is 11.3 Å². The summed E-state index contributed by atoms with van der Waals surface area (Å²) in [6.45, 7) is 0. The van der Waals surface area contributed by atoms with Crippen LogP contribution < -0.4 is 10.3 Å². The summed E-state index contributed by atoms with van der Waals surface area (Å²) in [5.74, 6) is 2.69. The molecule has 2 aromatic rings. The Morgan fingerprint density at radius 1 is 1.00 bits per heavy atom. The van der Waals surface area contributed by atoms with Gasteiger partial charge in [-0.25, -0.2) is 9.48 Å². The van der Waals surface area contributed by atoms with Crippen LogP contribution >= 0.6 is 0 Å². The van der Waals surface area contributed by atoms with Crippen molar-refractivity contribution in [3.63, 3.8) is 0 Å². The normalized spacial score (nSPS) is 31.1. The van der Waals surface area contributed by atoms with Crippen molar-refractivity contribution in [3.8, 4) is 5.75 Å². The molecule has 27 heavy (non-hydrogen) atoms. The van der Waals surface area contributed by atoms with Gasteiger partial charge in [0.15, 0.2) is 5.69 Å². The Balaban J connectivity index is 1.34. The lowest BCUT2D eigenvalue weighted by molar-refractivity contribution is -0.00519. The van der Waals surface area contributed by atoms with E-state index in [1.807, 2.05) is 12.1 Å². The van der Waals surface area contributed by atoms with Crippen LogP contribution in [0.25, 0.3) is 0 Å². The molecule has 0 saturated heterocycles. The summed E-state index contributed by atoms with van der Waals surface area (Å²) in [6.07, 6.45) is 8.25. The van der Waals surface area contributed by atoms with Crippen LogP contribution in [0.2, 0.25) is 0 Å². The maximum atomic E-state index is 12.3. The van der Waals surface area contributed by atoms with Crippen LogP contribution in [-0.2, 0) is 12.5 Å². The van der Waals surface area contributed by atoms with Crippen molar-refractivity contribution < 1.29 is 9.53 Å². The maximum Gasteiger partial charge on any atom is 0.364 e. The first-order valence-electron chi connectivity index (χ1n) is 9.88. The second-order valence-corrected chi connectivity index (χ2v) is 8.79. The summed E-state index contributed by atoms with van der Waals surface area (Å²) in [5, 5.41) is 3.94. The third-order valence-electron chi connectivity index (χ3n) is 6.89. The lowest BCUT2D eigenvalue weighted by Crippen LogP contribution is -2.48. The minimum atomic E-state index is -0.548. The first kappa shape index (κ1) is 16.7. The summed E-state index contributed by atoms with van der Waals surface area (Å²) >= 11 is 0. The molecule has 4 aliphatic carbocycles. The van der Waals surface area contributed by atoms with Gasteiger partial charge in [-0.05, 0) is 85.5 Å². The molecule has 0 spiro atoms. The Bertz CT molecular complexity index is 909. The van der Waals surface area contributed by atoms with Gasteiger partial charge >= 0.3 is 5.97 Å². The topological polar surface area (TPSA) is 61.2 Å².